The van der Waals surface area contributed by atoms with Gasteiger partial charge in [0.2, 0.25) is 0 Å². The smallest absolute Gasteiger partial charge is 0.337 e. The molecule has 1 aromatic carbocycles. The fourth-order valence-corrected chi connectivity index (χ4v) is 1.55. The van der Waals surface area contributed by atoms with Gasteiger partial charge in [0.05, 0.1) is 24.0 Å². The standard InChI is InChI=1S/C13H20N2O2/c1-3-4-5-8-15-12-9-10(13(16)17-2)6-7-11(12)14/h6-7,9,15H,3-5,8,14H2,1-2H3. The second-order valence-corrected chi connectivity index (χ2v) is 3.93. The molecule has 0 saturated carbocycles. The summed E-state index contributed by atoms with van der Waals surface area (Å²) in [6.07, 6.45) is 3.46. The average molecular weight is 236 g/mol. The molecule has 4 heteroatoms. The highest BCUT2D eigenvalue weighted by molar-refractivity contribution is 5.91. The van der Waals surface area contributed by atoms with Crippen molar-refractivity contribution in [3.05, 3.63) is 23.8 Å². The van der Waals surface area contributed by atoms with Gasteiger partial charge in [0.25, 0.3) is 0 Å². The highest BCUT2D eigenvalue weighted by Gasteiger charge is 2.07. The number of carbonyl (C=O) groups is 1. The lowest BCUT2D eigenvalue weighted by Gasteiger charge is -2.10. The fraction of sp³-hybridized carbons (Fsp3) is 0.462. The molecule has 94 valence electrons. The quantitative estimate of drug-likeness (QED) is 0.453. The van der Waals surface area contributed by atoms with Crippen LogP contribution in [0.25, 0.3) is 0 Å². The van der Waals surface area contributed by atoms with Gasteiger partial charge in [-0.1, -0.05) is 19.8 Å². The first-order chi connectivity index (χ1) is 8.19. The number of nitrogens with two attached hydrogens (primary N) is 1. The molecule has 0 heterocycles. The van der Waals surface area contributed by atoms with Gasteiger partial charge in [0, 0.05) is 6.54 Å². The van der Waals surface area contributed by atoms with E-state index in [1.807, 2.05) is 0 Å². The molecule has 1 rings (SSSR count). The molecule has 1 aromatic rings. The Hall–Kier alpha value is -1.71. The van der Waals surface area contributed by atoms with Gasteiger partial charge < -0.3 is 15.8 Å². The van der Waals surface area contributed by atoms with Crippen molar-refractivity contribution in [2.24, 2.45) is 0 Å². The van der Waals surface area contributed by atoms with Crippen LogP contribution < -0.4 is 11.1 Å². The molecule has 0 radical (unpaired) electrons. The normalized spacial score (nSPS) is 10.0. The first kappa shape index (κ1) is 13.4. The van der Waals surface area contributed by atoms with Crippen molar-refractivity contribution >= 4 is 17.3 Å². The summed E-state index contributed by atoms with van der Waals surface area (Å²) >= 11 is 0. The van der Waals surface area contributed by atoms with Crippen LogP contribution in [0.15, 0.2) is 18.2 Å². The first-order valence-corrected chi connectivity index (χ1v) is 5.90. The third-order valence-electron chi connectivity index (χ3n) is 2.57. The Morgan fingerprint density at radius 2 is 2.18 bits per heavy atom. The molecule has 0 aliphatic rings. The Bertz CT molecular complexity index is 378. The Balaban J connectivity index is 2.66. The van der Waals surface area contributed by atoms with Gasteiger partial charge in [-0.15, -0.1) is 0 Å². The molecule has 0 aliphatic carbocycles. The van der Waals surface area contributed by atoms with E-state index < -0.39 is 0 Å². The van der Waals surface area contributed by atoms with Gasteiger partial charge in [0.15, 0.2) is 0 Å². The molecule has 0 atom stereocenters. The number of hydrogen-bond donors (Lipinski definition) is 2. The predicted molar refractivity (Wildman–Crippen MR) is 70.2 cm³/mol. The minimum Gasteiger partial charge on any atom is -0.465 e. The topological polar surface area (TPSA) is 64.3 Å². The van der Waals surface area contributed by atoms with Gasteiger partial charge in [0.1, 0.15) is 0 Å². The number of esters is 1. The number of nitrogens with one attached hydrogen (secondary N) is 1. The summed E-state index contributed by atoms with van der Waals surface area (Å²) in [6, 6.07) is 5.11. The molecule has 0 saturated heterocycles. The van der Waals surface area contributed by atoms with Crippen molar-refractivity contribution in [2.75, 3.05) is 24.7 Å². The van der Waals surface area contributed by atoms with Crippen molar-refractivity contribution in [1.82, 2.24) is 0 Å². The van der Waals surface area contributed by atoms with Crippen molar-refractivity contribution in [2.45, 2.75) is 26.2 Å². The molecule has 0 bridgehead atoms. The second-order valence-electron chi connectivity index (χ2n) is 3.93. The molecule has 4 nitrogen and oxygen atoms in total. The van der Waals surface area contributed by atoms with Gasteiger partial charge >= 0.3 is 5.97 Å². The van der Waals surface area contributed by atoms with E-state index in [1.165, 1.54) is 20.0 Å². The van der Waals surface area contributed by atoms with E-state index in [1.54, 1.807) is 18.2 Å². The SMILES string of the molecule is CCCCCNc1cc(C(=O)OC)ccc1N. The summed E-state index contributed by atoms with van der Waals surface area (Å²) in [5, 5.41) is 3.23. The molecular formula is C13H20N2O2. The Kier molecular flexibility index (Phi) is 5.33. The van der Waals surface area contributed by atoms with Gasteiger partial charge in [-0.05, 0) is 24.6 Å². The van der Waals surface area contributed by atoms with Crippen LogP contribution >= 0.6 is 0 Å². The number of methoxy groups -OCH3 is 1. The van der Waals surface area contributed by atoms with E-state index in [9.17, 15) is 4.79 Å². The van der Waals surface area contributed by atoms with E-state index in [-0.39, 0.29) is 5.97 Å². The maximum absolute atomic E-state index is 11.4. The van der Waals surface area contributed by atoms with E-state index in [4.69, 9.17) is 5.73 Å². The lowest BCUT2D eigenvalue weighted by atomic mass is 10.1. The van der Waals surface area contributed by atoms with Crippen molar-refractivity contribution < 1.29 is 9.53 Å². The average Bonchev–Trinajstić information content (AvgIpc) is 2.35. The van der Waals surface area contributed by atoms with Gasteiger partial charge in [-0.2, -0.15) is 0 Å². The number of rotatable bonds is 6. The summed E-state index contributed by atoms with van der Waals surface area (Å²) in [5.74, 6) is -0.346. The van der Waals surface area contributed by atoms with Gasteiger partial charge in [-0.3, -0.25) is 0 Å². The number of hydrogen-bond acceptors (Lipinski definition) is 4. The third kappa shape index (κ3) is 3.98. The van der Waals surface area contributed by atoms with Crippen LogP contribution in [0.1, 0.15) is 36.5 Å². The van der Waals surface area contributed by atoms with Crippen LogP contribution in [0, 0.1) is 0 Å². The number of anilines is 2. The lowest BCUT2D eigenvalue weighted by molar-refractivity contribution is 0.0601. The van der Waals surface area contributed by atoms with Crippen LogP contribution in [0.2, 0.25) is 0 Å². The summed E-state index contributed by atoms with van der Waals surface area (Å²) in [6.45, 7) is 3.02. The second kappa shape index (κ2) is 6.78. The zero-order chi connectivity index (χ0) is 12.7. The monoisotopic (exact) mass is 236 g/mol. The zero-order valence-corrected chi connectivity index (χ0v) is 10.5. The Morgan fingerprint density at radius 3 is 2.82 bits per heavy atom. The van der Waals surface area contributed by atoms with Gasteiger partial charge in [-0.25, -0.2) is 4.79 Å². The van der Waals surface area contributed by atoms with E-state index in [2.05, 4.69) is 17.0 Å². The highest BCUT2D eigenvalue weighted by atomic mass is 16.5. The largest absolute Gasteiger partial charge is 0.465 e. The highest BCUT2D eigenvalue weighted by Crippen LogP contribution is 2.20. The molecule has 17 heavy (non-hydrogen) atoms. The number of unbranched alkanes of at least 4 members (excludes halogenated alkanes) is 2. The summed E-state index contributed by atoms with van der Waals surface area (Å²) in [7, 11) is 1.37. The number of nitrogen functional groups attached to an aromatic ring is 1. The van der Waals surface area contributed by atoms with Crippen LogP contribution in [-0.2, 0) is 4.74 Å². The summed E-state index contributed by atoms with van der Waals surface area (Å²) in [4.78, 5) is 11.4. The molecule has 0 unspecified atom stereocenters. The summed E-state index contributed by atoms with van der Waals surface area (Å²) in [5.41, 5.74) is 7.79. The minimum absolute atomic E-state index is 0.346. The van der Waals surface area contributed by atoms with E-state index in [0.29, 0.717) is 11.3 Å². The van der Waals surface area contributed by atoms with E-state index >= 15 is 0 Å². The molecule has 0 aromatic heterocycles. The molecule has 0 amide bonds. The summed E-state index contributed by atoms with van der Waals surface area (Å²) < 4.78 is 4.67. The van der Waals surface area contributed by atoms with Crippen molar-refractivity contribution in [1.29, 1.82) is 0 Å². The van der Waals surface area contributed by atoms with Crippen molar-refractivity contribution in [3.63, 3.8) is 0 Å². The predicted octanol–water partition coefficient (Wildman–Crippen LogP) is 2.66. The van der Waals surface area contributed by atoms with Crippen molar-refractivity contribution in [3.8, 4) is 0 Å². The maximum atomic E-state index is 11.4. The van der Waals surface area contributed by atoms with Crippen LogP contribution in [0.4, 0.5) is 11.4 Å². The molecule has 3 N–H and O–H groups in total. The van der Waals surface area contributed by atoms with Crippen LogP contribution in [-0.4, -0.2) is 19.6 Å². The fourth-order valence-electron chi connectivity index (χ4n) is 1.55. The Morgan fingerprint density at radius 1 is 1.41 bits per heavy atom. The van der Waals surface area contributed by atoms with Crippen LogP contribution in [0.3, 0.4) is 0 Å². The molecule has 0 fully saturated rings. The zero-order valence-electron chi connectivity index (χ0n) is 10.5. The Labute approximate surface area is 102 Å². The lowest BCUT2D eigenvalue weighted by Crippen LogP contribution is -2.07. The third-order valence-corrected chi connectivity index (χ3v) is 2.57. The molecular weight excluding hydrogens is 216 g/mol. The number of ether oxygens (including phenoxy) is 1. The molecule has 0 aliphatic heterocycles. The van der Waals surface area contributed by atoms with Crippen LogP contribution in [0.5, 0.6) is 0 Å². The number of carbonyl (C=O) groups excluding carboxylic acids is 1. The van der Waals surface area contributed by atoms with E-state index in [0.717, 1.165) is 18.7 Å². The molecule has 0 spiro atoms. The first-order valence-electron chi connectivity index (χ1n) is 5.90. The number of benzene rings is 1. The maximum Gasteiger partial charge on any atom is 0.337 e. The minimum atomic E-state index is -0.346.